The monoisotopic (exact) mass is 454 g/mol. The average Bonchev–Trinajstić information content (AvgIpc) is 2.72. The van der Waals surface area contributed by atoms with Gasteiger partial charge in [0.25, 0.3) is 0 Å². The molecule has 4 heteroatoms. The van der Waals surface area contributed by atoms with Crippen LogP contribution in [0, 0.1) is 17.8 Å². The summed E-state index contributed by atoms with van der Waals surface area (Å²) in [6, 6.07) is 0. The summed E-state index contributed by atoms with van der Waals surface area (Å²) in [4.78, 5) is 11.9. The van der Waals surface area contributed by atoms with Crippen molar-refractivity contribution in [3.05, 3.63) is 11.6 Å². The molecule has 0 amide bonds. The van der Waals surface area contributed by atoms with Crippen LogP contribution in [0.15, 0.2) is 11.6 Å². The fraction of sp³-hybridized carbons (Fsp3) is 0.893. The van der Waals surface area contributed by atoms with Crippen molar-refractivity contribution >= 4 is 5.97 Å². The topological polar surface area (TPSA) is 44.8 Å². The predicted octanol–water partition coefficient (Wildman–Crippen LogP) is 7.75. The van der Waals surface area contributed by atoms with Gasteiger partial charge in [-0.15, -0.1) is 0 Å². The molecule has 0 aliphatic heterocycles. The van der Waals surface area contributed by atoms with Crippen molar-refractivity contribution in [2.75, 3.05) is 33.0 Å². The molecule has 0 fully saturated rings. The number of hydrogen-bond acceptors (Lipinski definition) is 4. The Labute approximate surface area is 199 Å². The average molecular weight is 455 g/mol. The molecule has 0 spiro atoms. The fourth-order valence-electron chi connectivity index (χ4n) is 3.79. The quantitative estimate of drug-likeness (QED) is 0.0953. The maximum atomic E-state index is 11.9. The lowest BCUT2D eigenvalue weighted by Gasteiger charge is -2.15. The van der Waals surface area contributed by atoms with E-state index in [4.69, 9.17) is 14.2 Å². The van der Waals surface area contributed by atoms with Crippen LogP contribution in [-0.4, -0.2) is 39.0 Å². The van der Waals surface area contributed by atoms with E-state index in [-0.39, 0.29) is 5.97 Å². The molecule has 0 rings (SSSR count). The molecule has 0 aromatic heterocycles. The van der Waals surface area contributed by atoms with Gasteiger partial charge in [-0.3, -0.25) is 0 Å². The number of allylic oxidation sites excluding steroid dienone is 1. The highest BCUT2D eigenvalue weighted by Gasteiger charge is 2.07. The highest BCUT2D eigenvalue weighted by molar-refractivity contribution is 5.82. The van der Waals surface area contributed by atoms with Gasteiger partial charge in [0.15, 0.2) is 0 Å². The van der Waals surface area contributed by atoms with Gasteiger partial charge in [-0.25, -0.2) is 4.79 Å². The summed E-state index contributed by atoms with van der Waals surface area (Å²) in [6.45, 7) is 16.2. The van der Waals surface area contributed by atoms with Crippen LogP contribution in [0.25, 0.3) is 0 Å². The molecule has 32 heavy (non-hydrogen) atoms. The molecule has 190 valence electrons. The molecule has 0 radical (unpaired) electrons. The lowest BCUT2D eigenvalue weighted by molar-refractivity contribution is -0.139. The lowest BCUT2D eigenvalue weighted by Crippen LogP contribution is -2.12. The second kappa shape index (κ2) is 21.9. The van der Waals surface area contributed by atoms with Crippen LogP contribution in [0.5, 0.6) is 0 Å². The SMILES string of the molecule is CCCCOCCOCCOC(=O)/C=C(\C)CCC[C@H](C)CCC[C@H](C)CCCC(C)C. The zero-order valence-electron chi connectivity index (χ0n) is 22.3. The van der Waals surface area contributed by atoms with E-state index in [1.807, 2.05) is 6.92 Å². The number of hydrogen-bond donors (Lipinski definition) is 0. The third kappa shape index (κ3) is 22.3. The van der Waals surface area contributed by atoms with Crippen LogP contribution in [-0.2, 0) is 19.0 Å². The van der Waals surface area contributed by atoms with Gasteiger partial charge in [0.05, 0.1) is 19.8 Å². The minimum Gasteiger partial charge on any atom is -0.460 e. The summed E-state index contributed by atoms with van der Waals surface area (Å²) in [5, 5.41) is 0. The minimum atomic E-state index is -0.259. The lowest BCUT2D eigenvalue weighted by atomic mass is 9.91. The summed E-state index contributed by atoms with van der Waals surface area (Å²) in [5.74, 6) is 2.20. The number of unbranched alkanes of at least 4 members (excludes halogenated alkanes) is 1. The van der Waals surface area contributed by atoms with Gasteiger partial charge >= 0.3 is 5.97 Å². The zero-order valence-corrected chi connectivity index (χ0v) is 22.3. The first-order valence-electron chi connectivity index (χ1n) is 13.3. The third-order valence-electron chi connectivity index (χ3n) is 5.99. The Morgan fingerprint density at radius 3 is 1.84 bits per heavy atom. The van der Waals surface area contributed by atoms with E-state index in [0.717, 1.165) is 55.6 Å². The molecule has 0 aromatic rings. The number of carbonyl (C=O) groups is 1. The Kier molecular flexibility index (Phi) is 21.4. The minimum absolute atomic E-state index is 0.259. The van der Waals surface area contributed by atoms with Crippen LogP contribution in [0.1, 0.15) is 112 Å². The molecular weight excluding hydrogens is 400 g/mol. The summed E-state index contributed by atoms with van der Waals surface area (Å²) in [7, 11) is 0. The smallest absolute Gasteiger partial charge is 0.330 e. The highest BCUT2D eigenvalue weighted by atomic mass is 16.6. The number of rotatable bonds is 22. The largest absolute Gasteiger partial charge is 0.460 e. The molecule has 0 saturated carbocycles. The van der Waals surface area contributed by atoms with Crippen molar-refractivity contribution in [2.24, 2.45) is 17.8 Å². The Morgan fingerprint density at radius 1 is 0.719 bits per heavy atom. The van der Waals surface area contributed by atoms with Crippen molar-refractivity contribution in [1.29, 1.82) is 0 Å². The summed E-state index contributed by atoms with van der Waals surface area (Å²) < 4.78 is 16.1. The second-order valence-electron chi connectivity index (χ2n) is 10.1. The Morgan fingerprint density at radius 2 is 1.25 bits per heavy atom. The van der Waals surface area contributed by atoms with E-state index < -0.39 is 0 Å². The normalized spacial score (nSPS) is 14.0. The van der Waals surface area contributed by atoms with Crippen LogP contribution >= 0.6 is 0 Å². The van der Waals surface area contributed by atoms with Gasteiger partial charge in [-0.05, 0) is 43.9 Å². The van der Waals surface area contributed by atoms with Crippen molar-refractivity contribution in [1.82, 2.24) is 0 Å². The van der Waals surface area contributed by atoms with E-state index in [2.05, 4.69) is 34.6 Å². The van der Waals surface area contributed by atoms with E-state index in [0.29, 0.717) is 26.4 Å². The highest BCUT2D eigenvalue weighted by Crippen LogP contribution is 2.22. The van der Waals surface area contributed by atoms with Crippen LogP contribution < -0.4 is 0 Å². The van der Waals surface area contributed by atoms with E-state index >= 15 is 0 Å². The van der Waals surface area contributed by atoms with Gasteiger partial charge in [-0.2, -0.15) is 0 Å². The molecule has 0 heterocycles. The molecule has 0 aromatic carbocycles. The first kappa shape index (κ1) is 31.1. The molecular formula is C28H54O4. The molecule has 0 saturated heterocycles. The number of carbonyl (C=O) groups excluding carboxylic acids is 1. The molecule has 0 aliphatic carbocycles. The maximum Gasteiger partial charge on any atom is 0.330 e. The van der Waals surface area contributed by atoms with Crippen LogP contribution in [0.2, 0.25) is 0 Å². The van der Waals surface area contributed by atoms with Gasteiger partial charge in [0.2, 0.25) is 0 Å². The van der Waals surface area contributed by atoms with Crippen molar-refractivity contribution < 1.29 is 19.0 Å². The third-order valence-corrected chi connectivity index (χ3v) is 5.99. The van der Waals surface area contributed by atoms with Crippen LogP contribution in [0.4, 0.5) is 0 Å². The summed E-state index contributed by atoms with van der Waals surface area (Å²) in [6.07, 6.45) is 15.4. The van der Waals surface area contributed by atoms with E-state index in [1.165, 1.54) is 44.9 Å². The summed E-state index contributed by atoms with van der Waals surface area (Å²) >= 11 is 0. The van der Waals surface area contributed by atoms with Gasteiger partial charge < -0.3 is 14.2 Å². The predicted molar refractivity (Wildman–Crippen MR) is 136 cm³/mol. The molecule has 0 aliphatic rings. The maximum absolute atomic E-state index is 11.9. The Balaban J connectivity index is 3.67. The molecule has 0 bridgehead atoms. The number of ether oxygens (including phenoxy) is 3. The molecule has 4 nitrogen and oxygen atoms in total. The Hall–Kier alpha value is -0.870. The van der Waals surface area contributed by atoms with E-state index in [9.17, 15) is 4.79 Å². The van der Waals surface area contributed by atoms with Crippen LogP contribution in [0.3, 0.4) is 0 Å². The van der Waals surface area contributed by atoms with E-state index in [1.54, 1.807) is 6.08 Å². The standard InChI is InChI=1S/C28H54O4/c1-7-8-18-30-19-20-31-21-22-32-28(29)23-27(6)17-11-16-26(5)15-10-14-25(4)13-9-12-24(2)3/h23-26H,7-22H2,1-6H3/b27-23+/t25-,26-/m1/s1. The zero-order chi connectivity index (χ0) is 24.0. The molecule has 0 unspecified atom stereocenters. The fourth-order valence-corrected chi connectivity index (χ4v) is 3.79. The van der Waals surface area contributed by atoms with Gasteiger partial charge in [0.1, 0.15) is 6.61 Å². The number of esters is 1. The van der Waals surface area contributed by atoms with Crippen molar-refractivity contribution in [2.45, 2.75) is 112 Å². The van der Waals surface area contributed by atoms with Crippen molar-refractivity contribution in [3.63, 3.8) is 0 Å². The van der Waals surface area contributed by atoms with Crippen molar-refractivity contribution in [3.8, 4) is 0 Å². The summed E-state index contributed by atoms with van der Waals surface area (Å²) in [5.41, 5.74) is 1.10. The second-order valence-corrected chi connectivity index (χ2v) is 10.1. The molecule has 2 atom stereocenters. The first-order chi connectivity index (χ1) is 15.3. The first-order valence-corrected chi connectivity index (χ1v) is 13.3. The molecule has 0 N–H and O–H groups in total. The Bertz CT molecular complexity index is 458. The van der Waals surface area contributed by atoms with Gasteiger partial charge in [0, 0.05) is 12.7 Å². The van der Waals surface area contributed by atoms with Gasteiger partial charge in [-0.1, -0.05) is 91.6 Å².